The van der Waals surface area contributed by atoms with E-state index in [1.54, 1.807) is 24.7 Å². The predicted molar refractivity (Wildman–Crippen MR) is 139 cm³/mol. The van der Waals surface area contributed by atoms with E-state index in [1.807, 2.05) is 42.5 Å². The van der Waals surface area contributed by atoms with Crippen molar-refractivity contribution in [1.29, 1.82) is 10.5 Å². The van der Waals surface area contributed by atoms with Gasteiger partial charge < -0.3 is 9.88 Å². The van der Waals surface area contributed by atoms with E-state index in [9.17, 15) is 13.7 Å². The molecule has 37 heavy (non-hydrogen) atoms. The van der Waals surface area contributed by atoms with Crippen LogP contribution in [0.4, 0.5) is 5.69 Å². The van der Waals surface area contributed by atoms with Gasteiger partial charge in [0.2, 0.25) is 10.0 Å². The van der Waals surface area contributed by atoms with Crippen molar-refractivity contribution in [1.82, 2.24) is 14.3 Å². The lowest BCUT2D eigenvalue weighted by molar-refractivity contribution is 0.318. The van der Waals surface area contributed by atoms with Crippen molar-refractivity contribution in [3.8, 4) is 12.1 Å². The van der Waals surface area contributed by atoms with Gasteiger partial charge in [-0.2, -0.15) is 14.8 Å². The van der Waals surface area contributed by atoms with E-state index < -0.39 is 16.1 Å². The molecule has 0 amide bonds. The van der Waals surface area contributed by atoms with Gasteiger partial charge in [0.25, 0.3) is 0 Å². The molecule has 0 fully saturated rings. The molecule has 0 bridgehead atoms. The maximum atomic E-state index is 14.1. The minimum Gasteiger partial charge on any atom is -0.364 e. The average Bonchev–Trinajstić information content (AvgIpc) is 3.39. The number of aromatic amines is 1. The highest BCUT2D eigenvalue weighted by atomic mass is 32.2. The van der Waals surface area contributed by atoms with Gasteiger partial charge in [-0.1, -0.05) is 30.3 Å². The lowest BCUT2D eigenvalue weighted by Gasteiger charge is -2.32. The number of hydrogen-bond donors (Lipinski definition) is 1. The van der Waals surface area contributed by atoms with Gasteiger partial charge in [-0.05, 0) is 60.0 Å². The van der Waals surface area contributed by atoms with Gasteiger partial charge in [0.05, 0.1) is 46.7 Å². The fraction of sp³-hybridized carbons (Fsp3) is 0.179. The van der Waals surface area contributed by atoms with Gasteiger partial charge in [-0.25, -0.2) is 13.4 Å². The second kappa shape index (κ2) is 10.3. The number of imidazole rings is 1. The molecule has 9 heteroatoms. The summed E-state index contributed by atoms with van der Waals surface area (Å²) >= 11 is 0. The zero-order chi connectivity index (χ0) is 25.8. The number of nitrogens with zero attached hydrogens (tertiary/aromatic N) is 5. The summed E-state index contributed by atoms with van der Waals surface area (Å²) in [6, 6.07) is 25.0. The van der Waals surface area contributed by atoms with Crippen molar-refractivity contribution in [3.05, 3.63) is 113 Å². The Kier molecular flexibility index (Phi) is 6.74. The Bertz CT molecular complexity index is 1570. The van der Waals surface area contributed by atoms with Crippen molar-refractivity contribution in [3.63, 3.8) is 0 Å². The fourth-order valence-electron chi connectivity index (χ4n) is 4.73. The van der Waals surface area contributed by atoms with Crippen molar-refractivity contribution < 1.29 is 8.42 Å². The summed E-state index contributed by atoms with van der Waals surface area (Å²) in [5.41, 5.74) is 4.42. The lowest BCUT2D eigenvalue weighted by Crippen LogP contribution is -2.45. The van der Waals surface area contributed by atoms with Crippen LogP contribution in [0.15, 0.2) is 90.2 Å². The Labute approximate surface area is 216 Å². The summed E-state index contributed by atoms with van der Waals surface area (Å²) in [6.45, 7) is 1.06. The van der Waals surface area contributed by atoms with Crippen LogP contribution in [-0.4, -0.2) is 35.3 Å². The molecule has 0 radical (unpaired) electrons. The first-order chi connectivity index (χ1) is 18.0. The SMILES string of the molecule is N#Cc1ccc(S(=O)(=O)N2Cc3cc(C#N)ccc3N(Cc3cnc[nH]3)C[C@H]2Cc2ccccc2)cc1. The lowest BCUT2D eigenvalue weighted by atomic mass is 10.1. The van der Waals surface area contributed by atoms with E-state index in [0.717, 1.165) is 22.5 Å². The number of anilines is 1. The highest BCUT2D eigenvalue weighted by molar-refractivity contribution is 7.89. The van der Waals surface area contributed by atoms with Crippen molar-refractivity contribution in [2.24, 2.45) is 0 Å². The zero-order valence-corrected chi connectivity index (χ0v) is 20.8. The van der Waals surface area contributed by atoms with E-state index in [0.29, 0.717) is 30.6 Å². The first-order valence-corrected chi connectivity index (χ1v) is 13.2. The minimum absolute atomic E-state index is 0.115. The maximum Gasteiger partial charge on any atom is 0.243 e. The molecular weight excluding hydrogens is 484 g/mol. The molecule has 4 aromatic rings. The quantitative estimate of drug-likeness (QED) is 0.421. The Morgan fingerprint density at radius 2 is 1.70 bits per heavy atom. The fourth-order valence-corrected chi connectivity index (χ4v) is 6.32. The van der Waals surface area contributed by atoms with E-state index in [-0.39, 0.29) is 11.4 Å². The number of rotatable bonds is 6. The van der Waals surface area contributed by atoms with Crippen LogP contribution in [0.25, 0.3) is 0 Å². The van der Waals surface area contributed by atoms with E-state index in [1.165, 1.54) is 28.6 Å². The highest BCUT2D eigenvalue weighted by Crippen LogP contribution is 2.33. The standard InChI is InChI=1S/C28H24N6O2S/c29-14-22-6-9-27(10-7-22)37(35,36)34-17-24-12-23(15-30)8-11-28(24)33(18-25-16-31-20-32-25)19-26(34)13-21-4-2-1-3-5-21/h1-12,16,20,26H,13,17-19H2,(H,31,32)/t26-/m1/s1. The van der Waals surface area contributed by atoms with E-state index in [2.05, 4.69) is 20.9 Å². The van der Waals surface area contributed by atoms with Crippen molar-refractivity contribution in [2.75, 3.05) is 11.4 Å². The molecule has 0 saturated heterocycles. The van der Waals surface area contributed by atoms with Gasteiger partial charge in [0, 0.05) is 31.0 Å². The molecular formula is C28H24N6O2S. The van der Waals surface area contributed by atoms with E-state index >= 15 is 0 Å². The number of fused-ring (bicyclic) bond motifs is 1. The third-order valence-corrected chi connectivity index (χ3v) is 8.45. The molecule has 1 aliphatic rings. The van der Waals surface area contributed by atoms with E-state index in [4.69, 9.17) is 5.26 Å². The monoisotopic (exact) mass is 508 g/mol. The van der Waals surface area contributed by atoms with Crippen LogP contribution in [0.5, 0.6) is 0 Å². The smallest absolute Gasteiger partial charge is 0.243 e. The van der Waals surface area contributed by atoms with Crippen LogP contribution in [0.1, 0.15) is 27.9 Å². The van der Waals surface area contributed by atoms with Gasteiger partial charge >= 0.3 is 0 Å². The second-order valence-electron chi connectivity index (χ2n) is 8.94. The molecule has 0 unspecified atom stereocenters. The van der Waals surface area contributed by atoms with Crippen LogP contribution in [0.2, 0.25) is 0 Å². The minimum atomic E-state index is -3.93. The normalized spacial score (nSPS) is 15.8. The summed E-state index contributed by atoms with van der Waals surface area (Å²) in [5.74, 6) is 0. The van der Waals surface area contributed by atoms with Crippen LogP contribution in [0.3, 0.4) is 0 Å². The Morgan fingerprint density at radius 3 is 2.38 bits per heavy atom. The van der Waals surface area contributed by atoms with Crippen molar-refractivity contribution >= 4 is 15.7 Å². The summed E-state index contributed by atoms with van der Waals surface area (Å²) in [4.78, 5) is 9.55. The maximum absolute atomic E-state index is 14.1. The molecule has 5 rings (SSSR count). The van der Waals surface area contributed by atoms with Gasteiger partial charge in [-0.3, -0.25) is 0 Å². The van der Waals surface area contributed by atoms with Crippen LogP contribution in [-0.2, 0) is 29.5 Å². The largest absolute Gasteiger partial charge is 0.364 e. The molecule has 0 saturated carbocycles. The van der Waals surface area contributed by atoms with Gasteiger partial charge in [-0.15, -0.1) is 0 Å². The number of hydrogen-bond acceptors (Lipinski definition) is 6. The molecule has 3 aromatic carbocycles. The summed E-state index contributed by atoms with van der Waals surface area (Å²) < 4.78 is 29.7. The molecule has 184 valence electrons. The van der Waals surface area contributed by atoms with Gasteiger partial charge in [0.1, 0.15) is 0 Å². The van der Waals surface area contributed by atoms with Crippen LogP contribution < -0.4 is 4.90 Å². The van der Waals surface area contributed by atoms with Crippen LogP contribution >= 0.6 is 0 Å². The molecule has 1 aromatic heterocycles. The third-order valence-electron chi connectivity index (χ3n) is 6.53. The first-order valence-electron chi connectivity index (χ1n) is 11.8. The summed E-state index contributed by atoms with van der Waals surface area (Å²) in [6.07, 6.45) is 3.89. The molecule has 0 spiro atoms. The third kappa shape index (κ3) is 5.10. The highest BCUT2D eigenvalue weighted by Gasteiger charge is 2.36. The molecule has 1 aliphatic heterocycles. The molecule has 1 atom stereocenters. The molecule has 2 heterocycles. The number of H-pyrrole nitrogens is 1. The first kappa shape index (κ1) is 24.3. The molecule has 8 nitrogen and oxygen atoms in total. The van der Waals surface area contributed by atoms with Gasteiger partial charge in [0.15, 0.2) is 0 Å². The number of sulfonamides is 1. The number of nitrogens with one attached hydrogen (secondary N) is 1. The number of aromatic nitrogens is 2. The second-order valence-corrected chi connectivity index (χ2v) is 10.8. The van der Waals surface area contributed by atoms with Crippen molar-refractivity contribution in [2.45, 2.75) is 30.4 Å². The zero-order valence-electron chi connectivity index (χ0n) is 19.9. The summed E-state index contributed by atoms with van der Waals surface area (Å²) in [7, 11) is -3.93. The Hall–Kier alpha value is -4.44. The van der Waals surface area contributed by atoms with Crippen LogP contribution in [0, 0.1) is 22.7 Å². The predicted octanol–water partition coefficient (Wildman–Crippen LogP) is 3.98. The summed E-state index contributed by atoms with van der Waals surface area (Å²) in [5, 5.41) is 18.7. The average molecular weight is 509 g/mol. The number of nitriles is 2. The Balaban J connectivity index is 1.62. The Morgan fingerprint density at radius 1 is 0.973 bits per heavy atom. The topological polar surface area (TPSA) is 117 Å². The number of benzene rings is 3. The molecule has 1 N–H and O–H groups in total. The molecule has 0 aliphatic carbocycles.